The van der Waals surface area contributed by atoms with Crippen molar-refractivity contribution in [1.82, 2.24) is 0 Å². The molecule has 16 heavy (non-hydrogen) atoms. The van der Waals surface area contributed by atoms with Gasteiger partial charge in [0.25, 0.3) is 0 Å². The molecule has 0 heterocycles. The zero-order chi connectivity index (χ0) is 11.5. The first kappa shape index (κ1) is 11.0. The summed E-state index contributed by atoms with van der Waals surface area (Å²) in [6.07, 6.45) is 0. The van der Waals surface area contributed by atoms with Crippen LogP contribution in [0.2, 0.25) is 5.02 Å². The van der Waals surface area contributed by atoms with E-state index in [-0.39, 0.29) is 5.82 Å². The summed E-state index contributed by atoms with van der Waals surface area (Å²) in [6, 6.07) is 11.8. The SMILES string of the molecule is COc1cc(-c2cccc(F)c2)ccc1Cl. The normalized spacial score (nSPS) is 10.2. The fraction of sp³-hybridized carbons (Fsp3) is 0.0769. The molecule has 2 rings (SSSR count). The summed E-state index contributed by atoms with van der Waals surface area (Å²) < 4.78 is 18.2. The summed E-state index contributed by atoms with van der Waals surface area (Å²) in [6.45, 7) is 0. The Kier molecular flexibility index (Phi) is 3.11. The molecule has 1 nitrogen and oxygen atoms in total. The number of hydrogen-bond donors (Lipinski definition) is 0. The summed E-state index contributed by atoms with van der Waals surface area (Å²) in [5.74, 6) is 0.329. The van der Waals surface area contributed by atoms with Crippen molar-refractivity contribution in [2.45, 2.75) is 0 Å². The summed E-state index contributed by atoms with van der Waals surface area (Å²) in [5.41, 5.74) is 1.68. The average molecular weight is 237 g/mol. The Bertz CT molecular complexity index is 511. The topological polar surface area (TPSA) is 9.23 Å². The number of halogens is 2. The second-order valence-corrected chi connectivity index (χ2v) is 3.77. The zero-order valence-electron chi connectivity index (χ0n) is 8.71. The second-order valence-electron chi connectivity index (χ2n) is 3.36. The first-order valence-corrected chi connectivity index (χ1v) is 5.18. The van der Waals surface area contributed by atoms with Crippen molar-refractivity contribution in [2.24, 2.45) is 0 Å². The molecule has 0 aliphatic carbocycles. The van der Waals surface area contributed by atoms with Crippen LogP contribution in [0.5, 0.6) is 5.75 Å². The smallest absolute Gasteiger partial charge is 0.138 e. The van der Waals surface area contributed by atoms with Crippen LogP contribution in [0.1, 0.15) is 0 Å². The molecule has 0 atom stereocenters. The van der Waals surface area contributed by atoms with Crippen molar-refractivity contribution < 1.29 is 9.13 Å². The van der Waals surface area contributed by atoms with E-state index in [9.17, 15) is 4.39 Å². The molecule has 2 aromatic carbocycles. The number of methoxy groups -OCH3 is 1. The Balaban J connectivity index is 2.48. The summed E-state index contributed by atoms with van der Waals surface area (Å²) in [5, 5.41) is 0.544. The third-order valence-corrected chi connectivity index (χ3v) is 2.62. The standard InChI is InChI=1S/C13H10ClFO/c1-16-13-8-10(5-6-12(13)14)9-3-2-4-11(15)7-9/h2-8H,1H3. The molecule has 0 N–H and O–H groups in total. The molecule has 0 saturated carbocycles. The van der Waals surface area contributed by atoms with Crippen LogP contribution < -0.4 is 4.74 Å². The molecular weight excluding hydrogens is 227 g/mol. The number of ether oxygens (including phenoxy) is 1. The molecule has 0 spiro atoms. The minimum absolute atomic E-state index is 0.258. The monoisotopic (exact) mass is 236 g/mol. The van der Waals surface area contributed by atoms with Gasteiger partial charge in [0.1, 0.15) is 11.6 Å². The Morgan fingerprint density at radius 3 is 2.50 bits per heavy atom. The second kappa shape index (κ2) is 4.54. The van der Waals surface area contributed by atoms with Gasteiger partial charge in [0.05, 0.1) is 12.1 Å². The highest BCUT2D eigenvalue weighted by Gasteiger charge is 2.04. The van der Waals surface area contributed by atoms with Gasteiger partial charge in [-0.2, -0.15) is 0 Å². The molecule has 3 heteroatoms. The van der Waals surface area contributed by atoms with Crippen LogP contribution in [0, 0.1) is 5.82 Å². The summed E-state index contributed by atoms with van der Waals surface area (Å²) >= 11 is 5.92. The average Bonchev–Trinajstić information content (AvgIpc) is 2.29. The van der Waals surface area contributed by atoms with Crippen molar-refractivity contribution in [3.05, 3.63) is 53.3 Å². The van der Waals surface area contributed by atoms with Gasteiger partial charge in [-0.3, -0.25) is 0 Å². The maximum Gasteiger partial charge on any atom is 0.138 e. The lowest BCUT2D eigenvalue weighted by atomic mass is 10.1. The number of benzene rings is 2. The van der Waals surface area contributed by atoms with E-state index < -0.39 is 0 Å². The molecule has 0 aliphatic rings. The van der Waals surface area contributed by atoms with E-state index in [0.29, 0.717) is 10.8 Å². The third-order valence-electron chi connectivity index (χ3n) is 2.31. The van der Waals surface area contributed by atoms with Gasteiger partial charge in [0, 0.05) is 0 Å². The van der Waals surface area contributed by atoms with Crippen LogP contribution in [-0.4, -0.2) is 7.11 Å². The minimum Gasteiger partial charge on any atom is -0.495 e. The molecule has 0 saturated heterocycles. The third kappa shape index (κ3) is 2.17. The molecule has 82 valence electrons. The fourth-order valence-corrected chi connectivity index (χ4v) is 1.70. The molecule has 0 amide bonds. The van der Waals surface area contributed by atoms with E-state index in [1.165, 1.54) is 12.1 Å². The van der Waals surface area contributed by atoms with E-state index in [1.54, 1.807) is 25.3 Å². The lowest BCUT2D eigenvalue weighted by molar-refractivity contribution is 0.415. The maximum atomic E-state index is 13.1. The number of hydrogen-bond acceptors (Lipinski definition) is 1. The van der Waals surface area contributed by atoms with Gasteiger partial charge >= 0.3 is 0 Å². The molecule has 0 unspecified atom stereocenters. The fourth-order valence-electron chi connectivity index (χ4n) is 1.51. The van der Waals surface area contributed by atoms with Crippen molar-refractivity contribution in [3.8, 4) is 16.9 Å². The van der Waals surface area contributed by atoms with Gasteiger partial charge in [-0.25, -0.2) is 4.39 Å². The van der Waals surface area contributed by atoms with E-state index in [1.807, 2.05) is 12.1 Å². The molecule has 2 aromatic rings. The molecule has 0 aromatic heterocycles. The van der Waals surface area contributed by atoms with Crippen molar-refractivity contribution in [3.63, 3.8) is 0 Å². The predicted molar refractivity (Wildman–Crippen MR) is 63.4 cm³/mol. The van der Waals surface area contributed by atoms with Gasteiger partial charge in [-0.05, 0) is 35.4 Å². The minimum atomic E-state index is -0.258. The molecule has 0 aliphatic heterocycles. The van der Waals surface area contributed by atoms with E-state index in [4.69, 9.17) is 16.3 Å². The molecule has 0 bridgehead atoms. The van der Waals surface area contributed by atoms with Crippen LogP contribution in [0.25, 0.3) is 11.1 Å². The lowest BCUT2D eigenvalue weighted by Crippen LogP contribution is -1.86. The first-order valence-electron chi connectivity index (χ1n) is 4.80. The lowest BCUT2D eigenvalue weighted by Gasteiger charge is -2.06. The zero-order valence-corrected chi connectivity index (χ0v) is 9.46. The Morgan fingerprint density at radius 2 is 1.81 bits per heavy atom. The Hall–Kier alpha value is -1.54. The highest BCUT2D eigenvalue weighted by atomic mass is 35.5. The van der Waals surface area contributed by atoms with E-state index in [0.717, 1.165) is 11.1 Å². The molecular formula is C13H10ClFO. The van der Waals surface area contributed by atoms with Crippen LogP contribution in [0.3, 0.4) is 0 Å². The van der Waals surface area contributed by atoms with E-state index >= 15 is 0 Å². The van der Waals surface area contributed by atoms with Crippen LogP contribution in [-0.2, 0) is 0 Å². The van der Waals surface area contributed by atoms with E-state index in [2.05, 4.69) is 0 Å². The van der Waals surface area contributed by atoms with Crippen molar-refractivity contribution in [2.75, 3.05) is 7.11 Å². The van der Waals surface area contributed by atoms with Gasteiger partial charge in [0.2, 0.25) is 0 Å². The predicted octanol–water partition coefficient (Wildman–Crippen LogP) is 4.15. The first-order chi connectivity index (χ1) is 7.70. The highest BCUT2D eigenvalue weighted by molar-refractivity contribution is 6.32. The highest BCUT2D eigenvalue weighted by Crippen LogP contribution is 2.30. The van der Waals surface area contributed by atoms with Crippen molar-refractivity contribution >= 4 is 11.6 Å². The largest absolute Gasteiger partial charge is 0.495 e. The number of rotatable bonds is 2. The molecule has 0 fully saturated rings. The maximum absolute atomic E-state index is 13.1. The van der Waals surface area contributed by atoms with Gasteiger partial charge in [-0.1, -0.05) is 29.8 Å². The summed E-state index contributed by atoms with van der Waals surface area (Å²) in [7, 11) is 1.55. The summed E-state index contributed by atoms with van der Waals surface area (Å²) in [4.78, 5) is 0. The quantitative estimate of drug-likeness (QED) is 0.761. The van der Waals surface area contributed by atoms with Crippen LogP contribution in [0.4, 0.5) is 4.39 Å². The van der Waals surface area contributed by atoms with Crippen LogP contribution in [0.15, 0.2) is 42.5 Å². The van der Waals surface area contributed by atoms with Gasteiger partial charge in [-0.15, -0.1) is 0 Å². The van der Waals surface area contributed by atoms with Gasteiger partial charge in [0.15, 0.2) is 0 Å². The Morgan fingerprint density at radius 1 is 1.06 bits per heavy atom. The molecule has 0 radical (unpaired) electrons. The van der Waals surface area contributed by atoms with Crippen molar-refractivity contribution in [1.29, 1.82) is 0 Å². The van der Waals surface area contributed by atoms with Crippen LogP contribution >= 0.6 is 11.6 Å². The Labute approximate surface area is 98.4 Å². The van der Waals surface area contributed by atoms with Gasteiger partial charge < -0.3 is 4.74 Å².